The summed E-state index contributed by atoms with van der Waals surface area (Å²) in [5, 5.41) is 9.49. The Kier molecular flexibility index (Phi) is 4.23. The molecule has 116 valence electrons. The van der Waals surface area contributed by atoms with Crippen molar-refractivity contribution in [2.45, 2.75) is 32.2 Å². The van der Waals surface area contributed by atoms with Crippen LogP contribution in [-0.2, 0) is 4.79 Å². The van der Waals surface area contributed by atoms with Crippen LogP contribution in [0.15, 0.2) is 18.2 Å². The first-order valence-electron chi connectivity index (χ1n) is 7.06. The zero-order valence-electron chi connectivity index (χ0n) is 12.9. The first-order chi connectivity index (χ1) is 9.75. The van der Waals surface area contributed by atoms with Crippen molar-refractivity contribution in [2.75, 3.05) is 20.2 Å². The second-order valence-corrected chi connectivity index (χ2v) is 6.48. The summed E-state index contributed by atoms with van der Waals surface area (Å²) >= 11 is 0. The van der Waals surface area contributed by atoms with Gasteiger partial charge in [0.15, 0.2) is 0 Å². The smallest absolute Gasteiger partial charge is 0.308 e. The van der Waals surface area contributed by atoms with Crippen molar-refractivity contribution in [3.05, 3.63) is 29.6 Å². The van der Waals surface area contributed by atoms with E-state index in [1.807, 2.05) is 20.8 Å². The molecule has 1 aliphatic rings. The Morgan fingerprint density at radius 2 is 2.05 bits per heavy atom. The molecule has 0 bridgehead atoms. The van der Waals surface area contributed by atoms with Gasteiger partial charge in [0.05, 0.1) is 13.0 Å². The van der Waals surface area contributed by atoms with E-state index >= 15 is 0 Å². The quantitative estimate of drug-likeness (QED) is 0.931. The monoisotopic (exact) mass is 295 g/mol. The van der Waals surface area contributed by atoms with Gasteiger partial charge in [0.1, 0.15) is 11.6 Å². The van der Waals surface area contributed by atoms with E-state index in [1.54, 1.807) is 12.1 Å². The summed E-state index contributed by atoms with van der Waals surface area (Å²) in [7, 11) is 1.48. The van der Waals surface area contributed by atoms with Gasteiger partial charge in [0.25, 0.3) is 0 Å². The van der Waals surface area contributed by atoms with Crippen molar-refractivity contribution >= 4 is 5.97 Å². The number of hydrogen-bond donors (Lipinski definition) is 1. The van der Waals surface area contributed by atoms with Crippen LogP contribution in [0.5, 0.6) is 5.75 Å². The standard InChI is InChI=1S/C16H22FNO3/c1-16(2,3)18-8-10(11(9-18)15(19)20)14-12(17)6-5-7-13(14)21-4/h5-7,10-11H,8-9H2,1-4H3,(H,19,20)/t10-,11-/m1/s1. The number of ether oxygens (including phenoxy) is 1. The number of hydrogen-bond acceptors (Lipinski definition) is 3. The first kappa shape index (κ1) is 15.8. The number of aliphatic carboxylic acids is 1. The third-order valence-corrected chi connectivity index (χ3v) is 4.19. The van der Waals surface area contributed by atoms with E-state index in [1.165, 1.54) is 13.2 Å². The van der Waals surface area contributed by atoms with Crippen molar-refractivity contribution in [3.63, 3.8) is 0 Å². The molecule has 2 rings (SSSR count). The van der Waals surface area contributed by atoms with Crippen LogP contribution in [-0.4, -0.2) is 41.7 Å². The molecule has 1 aromatic rings. The molecule has 2 atom stereocenters. The Bertz CT molecular complexity index is 539. The lowest BCUT2D eigenvalue weighted by Crippen LogP contribution is -2.40. The van der Waals surface area contributed by atoms with E-state index < -0.39 is 23.6 Å². The van der Waals surface area contributed by atoms with Crippen LogP contribution in [0.25, 0.3) is 0 Å². The number of rotatable bonds is 3. The molecule has 1 aromatic carbocycles. The summed E-state index contributed by atoms with van der Waals surface area (Å²) < 4.78 is 19.5. The molecule has 0 aromatic heterocycles. The summed E-state index contributed by atoms with van der Waals surface area (Å²) in [6.07, 6.45) is 0. The van der Waals surface area contributed by atoms with Crippen molar-refractivity contribution in [1.29, 1.82) is 0 Å². The molecule has 0 unspecified atom stereocenters. The lowest BCUT2D eigenvalue weighted by molar-refractivity contribution is -0.141. The Balaban J connectivity index is 2.44. The van der Waals surface area contributed by atoms with Crippen LogP contribution in [0.2, 0.25) is 0 Å². The normalized spacial score (nSPS) is 23.3. The summed E-state index contributed by atoms with van der Waals surface area (Å²) in [4.78, 5) is 13.7. The van der Waals surface area contributed by atoms with Crippen molar-refractivity contribution in [3.8, 4) is 5.75 Å². The zero-order chi connectivity index (χ0) is 15.8. The van der Waals surface area contributed by atoms with E-state index in [0.29, 0.717) is 24.4 Å². The first-order valence-corrected chi connectivity index (χ1v) is 7.06. The number of nitrogens with zero attached hydrogens (tertiary/aromatic N) is 1. The van der Waals surface area contributed by atoms with E-state index in [4.69, 9.17) is 4.74 Å². The fourth-order valence-corrected chi connectivity index (χ4v) is 2.95. The minimum Gasteiger partial charge on any atom is -0.496 e. The second-order valence-electron chi connectivity index (χ2n) is 6.48. The topological polar surface area (TPSA) is 49.8 Å². The van der Waals surface area contributed by atoms with Gasteiger partial charge in [0, 0.05) is 30.1 Å². The largest absolute Gasteiger partial charge is 0.496 e. The van der Waals surface area contributed by atoms with Crippen molar-refractivity contribution in [2.24, 2.45) is 5.92 Å². The number of methoxy groups -OCH3 is 1. The molecule has 5 heteroatoms. The van der Waals surface area contributed by atoms with E-state index in [-0.39, 0.29) is 5.54 Å². The second kappa shape index (κ2) is 5.64. The number of likely N-dealkylation sites (tertiary alicyclic amines) is 1. The number of carboxylic acids is 1. The lowest BCUT2D eigenvalue weighted by atomic mass is 9.88. The van der Waals surface area contributed by atoms with Gasteiger partial charge in [-0.25, -0.2) is 4.39 Å². The van der Waals surface area contributed by atoms with Gasteiger partial charge in [-0.2, -0.15) is 0 Å². The molecule has 0 spiro atoms. The van der Waals surface area contributed by atoms with Gasteiger partial charge in [-0.1, -0.05) is 6.07 Å². The fourth-order valence-electron chi connectivity index (χ4n) is 2.95. The summed E-state index contributed by atoms with van der Waals surface area (Å²) in [5.41, 5.74) is 0.222. The number of carbonyl (C=O) groups is 1. The molecule has 1 aliphatic heterocycles. The maximum absolute atomic E-state index is 14.3. The predicted molar refractivity (Wildman–Crippen MR) is 78.1 cm³/mol. The summed E-state index contributed by atoms with van der Waals surface area (Å²) in [6, 6.07) is 4.61. The summed E-state index contributed by atoms with van der Waals surface area (Å²) in [5.74, 6) is -1.91. The predicted octanol–water partition coefficient (Wildman–Crippen LogP) is 2.73. The van der Waals surface area contributed by atoms with Crippen LogP contribution in [0, 0.1) is 11.7 Å². The van der Waals surface area contributed by atoms with Crippen LogP contribution in [0.3, 0.4) is 0 Å². The minimum absolute atomic E-state index is 0.152. The number of carboxylic acid groups (broad SMARTS) is 1. The van der Waals surface area contributed by atoms with Gasteiger partial charge >= 0.3 is 5.97 Å². The Labute approximate surface area is 124 Å². The SMILES string of the molecule is COc1cccc(F)c1[C@@H]1CN(C(C)(C)C)C[C@H]1C(=O)O. The third kappa shape index (κ3) is 3.02. The van der Waals surface area contributed by atoms with Gasteiger partial charge in [-0.15, -0.1) is 0 Å². The molecular weight excluding hydrogens is 273 g/mol. The Morgan fingerprint density at radius 3 is 2.57 bits per heavy atom. The van der Waals surface area contributed by atoms with Crippen molar-refractivity contribution in [1.82, 2.24) is 4.90 Å². The van der Waals surface area contributed by atoms with E-state index in [9.17, 15) is 14.3 Å². The lowest BCUT2D eigenvalue weighted by Gasteiger charge is -2.31. The third-order valence-electron chi connectivity index (χ3n) is 4.19. The molecule has 0 amide bonds. The van der Waals surface area contributed by atoms with Gasteiger partial charge in [-0.05, 0) is 32.9 Å². The molecule has 4 nitrogen and oxygen atoms in total. The minimum atomic E-state index is -0.892. The molecule has 0 radical (unpaired) electrons. The van der Waals surface area contributed by atoms with Crippen LogP contribution < -0.4 is 4.74 Å². The molecular formula is C16H22FNO3. The molecule has 0 saturated carbocycles. The maximum Gasteiger partial charge on any atom is 0.308 e. The number of halogens is 1. The summed E-state index contributed by atoms with van der Waals surface area (Å²) in [6.45, 7) is 7.03. The average molecular weight is 295 g/mol. The molecule has 1 saturated heterocycles. The fraction of sp³-hybridized carbons (Fsp3) is 0.562. The highest BCUT2D eigenvalue weighted by molar-refractivity contribution is 5.72. The molecule has 1 heterocycles. The highest BCUT2D eigenvalue weighted by Gasteiger charge is 2.44. The van der Waals surface area contributed by atoms with E-state index in [0.717, 1.165) is 0 Å². The molecule has 21 heavy (non-hydrogen) atoms. The van der Waals surface area contributed by atoms with Crippen LogP contribution >= 0.6 is 0 Å². The van der Waals surface area contributed by atoms with Gasteiger partial charge < -0.3 is 9.84 Å². The van der Waals surface area contributed by atoms with Gasteiger partial charge in [0.2, 0.25) is 0 Å². The molecule has 0 aliphatic carbocycles. The van der Waals surface area contributed by atoms with E-state index in [2.05, 4.69) is 4.90 Å². The van der Waals surface area contributed by atoms with Crippen LogP contribution in [0.1, 0.15) is 32.3 Å². The zero-order valence-corrected chi connectivity index (χ0v) is 12.9. The van der Waals surface area contributed by atoms with Crippen molar-refractivity contribution < 1.29 is 19.0 Å². The van der Waals surface area contributed by atoms with Gasteiger partial charge in [-0.3, -0.25) is 9.69 Å². The average Bonchev–Trinajstić information content (AvgIpc) is 2.83. The molecule has 1 N–H and O–H groups in total. The highest BCUT2D eigenvalue weighted by Crippen LogP contribution is 2.41. The Hall–Kier alpha value is -1.62. The van der Waals surface area contributed by atoms with Crippen LogP contribution in [0.4, 0.5) is 4.39 Å². The highest BCUT2D eigenvalue weighted by atomic mass is 19.1. The molecule has 1 fully saturated rings. The Morgan fingerprint density at radius 1 is 1.38 bits per heavy atom. The maximum atomic E-state index is 14.3. The number of benzene rings is 1.